The van der Waals surface area contributed by atoms with Crippen LogP contribution in [0.2, 0.25) is 0 Å². The van der Waals surface area contributed by atoms with E-state index in [9.17, 15) is 0 Å². The van der Waals surface area contributed by atoms with Crippen molar-refractivity contribution in [3.63, 3.8) is 0 Å². The van der Waals surface area contributed by atoms with Crippen LogP contribution in [0.5, 0.6) is 0 Å². The van der Waals surface area contributed by atoms with Crippen LogP contribution in [0.1, 0.15) is 55.5 Å². The van der Waals surface area contributed by atoms with Crippen LogP contribution in [-0.2, 0) is 6.42 Å². The first-order chi connectivity index (χ1) is 17.2. The summed E-state index contributed by atoms with van der Waals surface area (Å²) in [4.78, 5) is 13.9. The van der Waals surface area contributed by atoms with Gasteiger partial charge in [-0.15, -0.1) is 0 Å². The first-order valence-electron chi connectivity index (χ1n) is 13.6. The predicted molar refractivity (Wildman–Crippen MR) is 140 cm³/mol. The second-order valence-electron chi connectivity index (χ2n) is 11.5. The number of rotatable bonds is 6. The molecule has 1 saturated heterocycles. The molecule has 2 aromatic heterocycles. The van der Waals surface area contributed by atoms with Crippen LogP contribution in [0, 0.1) is 11.8 Å². The van der Waals surface area contributed by atoms with Gasteiger partial charge in [0.15, 0.2) is 0 Å². The van der Waals surface area contributed by atoms with Gasteiger partial charge in [-0.25, -0.2) is 4.98 Å². The average molecular weight is 472 g/mol. The molecule has 3 atom stereocenters. The molecular weight excluding hydrogens is 434 g/mol. The molecular formula is C29H37N5O. The number of nitrogens with zero attached hydrogens (tertiary/aromatic N) is 3. The molecule has 35 heavy (non-hydrogen) atoms. The molecule has 4 fully saturated rings. The topological polar surface area (TPSA) is 67.4 Å². The van der Waals surface area contributed by atoms with Crippen LogP contribution < -0.4 is 5.32 Å². The zero-order valence-corrected chi connectivity index (χ0v) is 20.7. The summed E-state index contributed by atoms with van der Waals surface area (Å²) in [6.45, 7) is 5.38. The van der Waals surface area contributed by atoms with E-state index < -0.39 is 0 Å². The largest absolute Gasteiger partial charge is 0.395 e. The summed E-state index contributed by atoms with van der Waals surface area (Å²) in [6.07, 6.45) is 8.81. The minimum atomic E-state index is 0.230. The summed E-state index contributed by atoms with van der Waals surface area (Å²) in [7, 11) is 0. The van der Waals surface area contributed by atoms with Crippen molar-refractivity contribution < 1.29 is 5.11 Å². The van der Waals surface area contributed by atoms with Gasteiger partial charge in [0.1, 0.15) is 5.82 Å². The lowest BCUT2D eigenvalue weighted by Crippen LogP contribution is -2.56. The Morgan fingerprint density at radius 3 is 2.71 bits per heavy atom. The molecule has 3 aromatic rings. The predicted octanol–water partition coefficient (Wildman–Crippen LogP) is 4.18. The summed E-state index contributed by atoms with van der Waals surface area (Å²) in [5.74, 6) is 2.80. The smallest absolute Gasteiger partial charge is 0.126 e. The Balaban J connectivity index is 1.21. The number of aromatic amines is 1. The van der Waals surface area contributed by atoms with E-state index in [0.717, 1.165) is 43.7 Å². The number of para-hydroxylation sites is 1. The van der Waals surface area contributed by atoms with E-state index in [1.807, 2.05) is 0 Å². The van der Waals surface area contributed by atoms with Gasteiger partial charge in [-0.2, -0.15) is 0 Å². The maximum atomic E-state index is 9.12. The minimum absolute atomic E-state index is 0.230. The molecule has 0 radical (unpaired) electrons. The molecule has 5 aliphatic rings. The molecule has 4 heterocycles. The molecule has 2 bridgehead atoms. The number of fused-ring (bicyclic) bond motifs is 5. The van der Waals surface area contributed by atoms with E-state index in [4.69, 9.17) is 10.1 Å². The van der Waals surface area contributed by atoms with Crippen LogP contribution in [0.15, 0.2) is 42.6 Å². The van der Waals surface area contributed by atoms with Gasteiger partial charge >= 0.3 is 0 Å². The highest BCUT2D eigenvalue weighted by Gasteiger charge is 2.48. The van der Waals surface area contributed by atoms with Crippen LogP contribution in [0.25, 0.3) is 10.9 Å². The van der Waals surface area contributed by atoms with Crippen LogP contribution in [-0.4, -0.2) is 69.2 Å². The lowest BCUT2D eigenvalue weighted by atomic mass is 9.61. The van der Waals surface area contributed by atoms with E-state index in [1.165, 1.54) is 53.4 Å². The van der Waals surface area contributed by atoms with Crippen molar-refractivity contribution in [2.75, 3.05) is 31.6 Å². The number of anilines is 1. The fourth-order valence-corrected chi connectivity index (χ4v) is 7.55. The number of hydrogen-bond donors (Lipinski definition) is 3. The van der Waals surface area contributed by atoms with Gasteiger partial charge in [0, 0.05) is 54.5 Å². The Kier molecular flexibility index (Phi) is 5.37. The normalized spacial score (nSPS) is 31.1. The quantitative estimate of drug-likeness (QED) is 0.503. The third-order valence-electron chi connectivity index (χ3n) is 9.32. The Labute approximate surface area is 207 Å². The lowest BCUT2D eigenvalue weighted by molar-refractivity contribution is -0.0356. The number of likely N-dealkylation sites (tertiary alicyclic amines) is 1. The van der Waals surface area contributed by atoms with Crippen molar-refractivity contribution in [2.45, 2.75) is 63.2 Å². The molecule has 6 nitrogen and oxygen atoms in total. The Bertz CT molecular complexity index is 1190. The molecule has 8 rings (SSSR count). The molecule has 2 aliphatic heterocycles. The van der Waals surface area contributed by atoms with E-state index in [-0.39, 0.29) is 12.6 Å². The summed E-state index contributed by atoms with van der Waals surface area (Å²) >= 11 is 0. The number of aliphatic hydroxyl groups is 1. The molecule has 184 valence electrons. The first kappa shape index (κ1) is 21.8. The van der Waals surface area contributed by atoms with Crippen molar-refractivity contribution in [1.29, 1.82) is 0 Å². The average Bonchev–Trinajstić information content (AvgIpc) is 3.20. The third kappa shape index (κ3) is 3.69. The van der Waals surface area contributed by atoms with E-state index in [0.29, 0.717) is 18.1 Å². The van der Waals surface area contributed by atoms with Crippen molar-refractivity contribution in [1.82, 2.24) is 19.8 Å². The number of benzene rings is 1. The monoisotopic (exact) mass is 471 g/mol. The first-order valence-corrected chi connectivity index (χ1v) is 13.6. The van der Waals surface area contributed by atoms with Crippen molar-refractivity contribution in [2.24, 2.45) is 11.8 Å². The molecule has 3 aliphatic carbocycles. The molecule has 0 spiro atoms. The number of H-pyrrole nitrogens is 1. The highest BCUT2D eigenvalue weighted by molar-refractivity contribution is 5.85. The van der Waals surface area contributed by atoms with Crippen LogP contribution >= 0.6 is 0 Å². The van der Waals surface area contributed by atoms with Crippen molar-refractivity contribution >= 4 is 16.7 Å². The SMILES string of the molecule is C[C@@H]1Cc2c([nH]c3ccccc23)[C@@H](c2ccc(NC3CN(CCO)C3)nc2)N1[C@@H]1CCC2CC1C2. The molecule has 0 amide bonds. The standard InChI is InChI=1S/C29H37N5O/c1-18-12-24-23-4-2-3-5-25(23)32-28(24)29(34(18)26-8-6-19-13-21(26)14-19)20-7-9-27(30-15-20)31-22-16-33(17-22)10-11-35/h2-5,7,9,15,18-19,21-22,26,29,32,35H,6,8,10-14,16-17H2,1H3,(H,30,31)/t18-,19?,21?,26-,29-/m1/s1. The zero-order chi connectivity index (χ0) is 23.5. The maximum absolute atomic E-state index is 9.12. The Morgan fingerprint density at radius 1 is 1.11 bits per heavy atom. The summed E-state index contributed by atoms with van der Waals surface area (Å²) < 4.78 is 0. The van der Waals surface area contributed by atoms with Gasteiger partial charge in [-0.1, -0.05) is 24.3 Å². The maximum Gasteiger partial charge on any atom is 0.126 e. The lowest BCUT2D eigenvalue weighted by Gasteiger charge is -2.55. The number of β-amino-alcohol motifs (C(OH)–C–C–N with tert-alkyl or cyclic N) is 1. The van der Waals surface area contributed by atoms with Gasteiger partial charge in [0.05, 0.1) is 18.7 Å². The number of nitrogens with one attached hydrogen (secondary N) is 2. The third-order valence-corrected chi connectivity index (χ3v) is 9.32. The van der Waals surface area contributed by atoms with Gasteiger partial charge < -0.3 is 15.4 Å². The second kappa shape index (κ2) is 8.61. The van der Waals surface area contributed by atoms with Crippen molar-refractivity contribution in [3.05, 3.63) is 59.4 Å². The summed E-state index contributed by atoms with van der Waals surface area (Å²) in [5.41, 5.74) is 5.43. The molecule has 6 heteroatoms. The molecule has 3 saturated carbocycles. The van der Waals surface area contributed by atoms with Gasteiger partial charge in [0.2, 0.25) is 0 Å². The molecule has 0 unspecified atom stereocenters. The molecule has 3 N–H and O–H groups in total. The highest BCUT2D eigenvalue weighted by atomic mass is 16.3. The van der Waals surface area contributed by atoms with Crippen molar-refractivity contribution in [3.8, 4) is 0 Å². The number of hydrogen-bond acceptors (Lipinski definition) is 5. The second-order valence-corrected chi connectivity index (χ2v) is 11.5. The number of aliphatic hydroxyl groups excluding tert-OH is 1. The van der Waals surface area contributed by atoms with Crippen LogP contribution in [0.4, 0.5) is 5.82 Å². The van der Waals surface area contributed by atoms with E-state index in [2.05, 4.69) is 69.6 Å². The zero-order valence-electron chi connectivity index (χ0n) is 20.7. The number of pyridine rings is 1. The summed E-state index contributed by atoms with van der Waals surface area (Å²) in [6, 6.07) is 15.1. The van der Waals surface area contributed by atoms with E-state index in [1.54, 1.807) is 0 Å². The van der Waals surface area contributed by atoms with E-state index >= 15 is 0 Å². The summed E-state index contributed by atoms with van der Waals surface area (Å²) in [5, 5.41) is 14.1. The van der Waals surface area contributed by atoms with Crippen LogP contribution in [0.3, 0.4) is 0 Å². The fourth-order valence-electron chi connectivity index (χ4n) is 7.55. The highest BCUT2D eigenvalue weighted by Crippen LogP contribution is 2.52. The Morgan fingerprint density at radius 2 is 1.97 bits per heavy atom. The fraction of sp³-hybridized carbons (Fsp3) is 0.552. The van der Waals surface area contributed by atoms with Gasteiger partial charge in [-0.3, -0.25) is 9.80 Å². The van der Waals surface area contributed by atoms with Gasteiger partial charge in [-0.05, 0) is 74.1 Å². The Hall–Kier alpha value is -2.41. The minimum Gasteiger partial charge on any atom is -0.395 e. The number of aromatic nitrogens is 2. The molecule has 1 aromatic carbocycles. The van der Waals surface area contributed by atoms with Gasteiger partial charge in [0.25, 0.3) is 0 Å².